The Labute approximate surface area is 186 Å². The van der Waals surface area contributed by atoms with Crippen molar-refractivity contribution >= 4 is 45.5 Å². The number of carbonyl (C=O) groups excluding carboxylic acids is 2. The maximum Gasteiger partial charge on any atom is 0.341 e. The van der Waals surface area contributed by atoms with E-state index >= 15 is 0 Å². The summed E-state index contributed by atoms with van der Waals surface area (Å²) < 4.78 is 5.12. The van der Waals surface area contributed by atoms with Gasteiger partial charge in [0, 0.05) is 41.8 Å². The monoisotopic (exact) mass is 449 g/mol. The number of piperazine rings is 1. The molecule has 2 aromatic rings. The number of amides is 1. The summed E-state index contributed by atoms with van der Waals surface area (Å²) in [7, 11) is 0. The molecule has 1 aliphatic rings. The van der Waals surface area contributed by atoms with E-state index < -0.39 is 5.97 Å². The van der Waals surface area contributed by atoms with Crippen LogP contribution in [0.3, 0.4) is 0 Å². The third-order valence-electron chi connectivity index (χ3n) is 5.13. The van der Waals surface area contributed by atoms with Gasteiger partial charge in [0.2, 0.25) is 5.91 Å². The molecular formula is C22H28ClN3O3S. The summed E-state index contributed by atoms with van der Waals surface area (Å²) in [6.07, 6.45) is 0.803. The van der Waals surface area contributed by atoms with Crippen molar-refractivity contribution in [3.8, 4) is 0 Å². The Morgan fingerprint density at radius 1 is 1.17 bits per heavy atom. The first-order chi connectivity index (χ1) is 14.4. The van der Waals surface area contributed by atoms with Crippen molar-refractivity contribution in [1.82, 2.24) is 4.90 Å². The molecule has 3 rings (SSSR count). The number of rotatable bonds is 7. The Morgan fingerprint density at radius 2 is 1.90 bits per heavy atom. The lowest BCUT2D eigenvalue weighted by molar-refractivity contribution is -0.117. The van der Waals surface area contributed by atoms with E-state index in [0.717, 1.165) is 48.2 Å². The molecule has 0 aliphatic carbocycles. The zero-order chi connectivity index (χ0) is 21.7. The maximum atomic E-state index is 12.6. The molecule has 162 valence electrons. The van der Waals surface area contributed by atoms with Crippen molar-refractivity contribution in [3.63, 3.8) is 0 Å². The zero-order valence-corrected chi connectivity index (χ0v) is 19.2. The van der Waals surface area contributed by atoms with Gasteiger partial charge in [0.25, 0.3) is 0 Å². The van der Waals surface area contributed by atoms with E-state index in [1.807, 2.05) is 31.2 Å². The second-order valence-electron chi connectivity index (χ2n) is 7.27. The van der Waals surface area contributed by atoms with Crippen molar-refractivity contribution in [2.75, 3.05) is 49.5 Å². The highest BCUT2D eigenvalue weighted by atomic mass is 35.5. The average Bonchev–Trinajstić information content (AvgIpc) is 3.13. The minimum atomic E-state index is -0.394. The molecule has 1 N–H and O–H groups in total. The summed E-state index contributed by atoms with van der Waals surface area (Å²) in [4.78, 5) is 30.3. The molecule has 0 unspecified atom stereocenters. The van der Waals surface area contributed by atoms with Crippen LogP contribution in [0.1, 0.15) is 34.6 Å². The SMILES string of the molecule is CCOC(=O)c1cc(CC)sc1NC(=O)CN1CCN(c2cc(Cl)ccc2C)CC1. The largest absolute Gasteiger partial charge is 0.462 e. The van der Waals surface area contributed by atoms with Crippen molar-refractivity contribution in [2.45, 2.75) is 27.2 Å². The molecule has 0 bridgehead atoms. The molecule has 1 aromatic heterocycles. The standard InChI is InChI=1S/C22H28ClN3O3S/c1-4-17-13-18(22(28)29-5-2)21(30-17)24-20(27)14-25-8-10-26(11-9-25)19-12-16(23)7-6-15(19)3/h6-7,12-13H,4-5,8-11,14H2,1-3H3,(H,24,27). The van der Waals surface area contributed by atoms with E-state index in [-0.39, 0.29) is 5.91 Å². The fourth-order valence-corrected chi connectivity index (χ4v) is 4.68. The lowest BCUT2D eigenvalue weighted by Crippen LogP contribution is -2.48. The lowest BCUT2D eigenvalue weighted by Gasteiger charge is -2.36. The topological polar surface area (TPSA) is 61.9 Å². The Hall–Kier alpha value is -2.09. The van der Waals surface area contributed by atoms with E-state index in [4.69, 9.17) is 16.3 Å². The maximum absolute atomic E-state index is 12.6. The second kappa shape index (κ2) is 10.3. The van der Waals surface area contributed by atoms with Gasteiger partial charge in [0.1, 0.15) is 5.00 Å². The number of hydrogen-bond donors (Lipinski definition) is 1. The van der Waals surface area contributed by atoms with Gasteiger partial charge < -0.3 is 15.0 Å². The van der Waals surface area contributed by atoms with Gasteiger partial charge in [-0.15, -0.1) is 11.3 Å². The van der Waals surface area contributed by atoms with E-state index in [0.29, 0.717) is 23.7 Å². The predicted octanol–water partition coefficient (Wildman–Crippen LogP) is 4.21. The third-order valence-corrected chi connectivity index (χ3v) is 6.56. The van der Waals surface area contributed by atoms with Crippen LogP contribution in [0.25, 0.3) is 0 Å². The van der Waals surface area contributed by atoms with Gasteiger partial charge in [0.05, 0.1) is 18.7 Å². The van der Waals surface area contributed by atoms with Gasteiger partial charge >= 0.3 is 5.97 Å². The smallest absolute Gasteiger partial charge is 0.341 e. The first kappa shape index (κ1) is 22.6. The van der Waals surface area contributed by atoms with Crippen molar-refractivity contribution in [2.24, 2.45) is 0 Å². The number of nitrogens with zero attached hydrogens (tertiary/aromatic N) is 2. The highest BCUT2D eigenvalue weighted by molar-refractivity contribution is 7.16. The predicted molar refractivity (Wildman–Crippen MR) is 123 cm³/mol. The van der Waals surface area contributed by atoms with E-state index in [1.165, 1.54) is 16.9 Å². The molecule has 0 radical (unpaired) electrons. The summed E-state index contributed by atoms with van der Waals surface area (Å²) in [5, 5.41) is 4.22. The third kappa shape index (κ3) is 5.53. The highest BCUT2D eigenvalue weighted by Gasteiger charge is 2.23. The summed E-state index contributed by atoms with van der Waals surface area (Å²) in [6, 6.07) is 7.74. The van der Waals surface area contributed by atoms with Crippen LogP contribution in [-0.2, 0) is 16.0 Å². The Morgan fingerprint density at radius 3 is 2.57 bits per heavy atom. The fraction of sp³-hybridized carbons (Fsp3) is 0.455. The second-order valence-corrected chi connectivity index (χ2v) is 8.84. The van der Waals surface area contributed by atoms with Crippen LogP contribution in [0.15, 0.2) is 24.3 Å². The number of aryl methyl sites for hydroxylation is 2. The van der Waals surface area contributed by atoms with Gasteiger partial charge in [-0.25, -0.2) is 4.79 Å². The quantitative estimate of drug-likeness (QED) is 0.641. The van der Waals surface area contributed by atoms with Gasteiger partial charge in [-0.1, -0.05) is 24.6 Å². The minimum Gasteiger partial charge on any atom is -0.462 e. The molecule has 6 nitrogen and oxygen atoms in total. The lowest BCUT2D eigenvalue weighted by atomic mass is 10.1. The van der Waals surface area contributed by atoms with Gasteiger partial charge in [-0.2, -0.15) is 0 Å². The molecule has 2 heterocycles. The van der Waals surface area contributed by atoms with Crippen LogP contribution < -0.4 is 10.2 Å². The number of hydrogen-bond acceptors (Lipinski definition) is 6. The molecule has 30 heavy (non-hydrogen) atoms. The molecule has 1 aliphatic heterocycles. The average molecular weight is 450 g/mol. The first-order valence-electron chi connectivity index (χ1n) is 10.2. The summed E-state index contributed by atoms with van der Waals surface area (Å²) >= 11 is 7.59. The highest BCUT2D eigenvalue weighted by Crippen LogP contribution is 2.29. The van der Waals surface area contributed by atoms with Crippen LogP contribution >= 0.6 is 22.9 Å². The molecule has 8 heteroatoms. The number of anilines is 2. The Kier molecular flexibility index (Phi) is 7.75. The van der Waals surface area contributed by atoms with Crippen LogP contribution in [0.4, 0.5) is 10.7 Å². The van der Waals surface area contributed by atoms with Crippen LogP contribution in [-0.4, -0.2) is 56.1 Å². The molecule has 1 aromatic carbocycles. The molecule has 0 spiro atoms. The molecule has 1 fully saturated rings. The number of thiophene rings is 1. The number of ether oxygens (including phenoxy) is 1. The summed E-state index contributed by atoms with van der Waals surface area (Å²) in [6.45, 7) is 9.72. The molecule has 1 saturated heterocycles. The number of carbonyl (C=O) groups is 2. The molecular weight excluding hydrogens is 422 g/mol. The van der Waals surface area contributed by atoms with Crippen LogP contribution in [0.2, 0.25) is 5.02 Å². The number of esters is 1. The number of benzene rings is 1. The van der Waals surface area contributed by atoms with Gasteiger partial charge in [-0.3, -0.25) is 9.69 Å². The first-order valence-corrected chi connectivity index (χ1v) is 11.4. The van der Waals surface area contributed by atoms with Crippen molar-refractivity contribution < 1.29 is 14.3 Å². The van der Waals surface area contributed by atoms with Crippen molar-refractivity contribution in [1.29, 1.82) is 0 Å². The normalized spacial score (nSPS) is 14.6. The summed E-state index contributed by atoms with van der Waals surface area (Å²) in [5.41, 5.74) is 2.78. The molecule has 0 saturated carbocycles. The fourth-order valence-electron chi connectivity index (χ4n) is 3.51. The number of nitrogens with one attached hydrogen (secondary N) is 1. The van der Waals surface area contributed by atoms with E-state index in [9.17, 15) is 9.59 Å². The van der Waals surface area contributed by atoms with E-state index in [2.05, 4.69) is 22.0 Å². The summed E-state index contributed by atoms with van der Waals surface area (Å²) in [5.74, 6) is -0.508. The van der Waals surface area contributed by atoms with Gasteiger partial charge in [0.15, 0.2) is 0 Å². The molecule has 0 atom stereocenters. The van der Waals surface area contributed by atoms with Crippen molar-refractivity contribution in [3.05, 3.63) is 45.3 Å². The van der Waals surface area contributed by atoms with Crippen LogP contribution in [0, 0.1) is 6.92 Å². The van der Waals surface area contributed by atoms with Crippen LogP contribution in [0.5, 0.6) is 0 Å². The molecule has 1 amide bonds. The van der Waals surface area contributed by atoms with Gasteiger partial charge in [-0.05, 0) is 44.0 Å². The minimum absolute atomic E-state index is 0.113. The Balaban J connectivity index is 1.57. The Bertz CT molecular complexity index is 907. The zero-order valence-electron chi connectivity index (χ0n) is 17.7. The van der Waals surface area contributed by atoms with E-state index in [1.54, 1.807) is 6.92 Å². The number of halogens is 1.